The molecule has 0 bridgehead atoms. The molecule has 2 aromatic carbocycles. The molecular formula is C16H18N2O3. The Kier molecular flexibility index (Phi) is 4.14. The van der Waals surface area contributed by atoms with Crippen LogP contribution in [0.2, 0.25) is 0 Å². The van der Waals surface area contributed by atoms with Gasteiger partial charge in [-0.25, -0.2) is 0 Å². The molecule has 0 saturated carbocycles. The lowest BCUT2D eigenvalue weighted by molar-refractivity contribution is 0.0907. The molecule has 5 nitrogen and oxygen atoms in total. The van der Waals surface area contributed by atoms with Crippen LogP contribution in [-0.4, -0.2) is 22.7 Å². The highest BCUT2D eigenvalue weighted by Crippen LogP contribution is 2.26. The molecule has 110 valence electrons. The fourth-order valence-corrected chi connectivity index (χ4v) is 2.03. The average Bonchev–Trinajstić information content (AvgIpc) is 2.50. The van der Waals surface area contributed by atoms with Crippen LogP contribution in [0.25, 0.3) is 0 Å². The number of amides is 1. The molecule has 0 aromatic heterocycles. The maximum Gasteiger partial charge on any atom is 0.252 e. The number of carbonyl (C=O) groups excluding carboxylic acids is 1. The molecule has 5 heteroatoms. The zero-order chi connectivity index (χ0) is 15.5. The fourth-order valence-electron chi connectivity index (χ4n) is 2.03. The van der Waals surface area contributed by atoms with Crippen molar-refractivity contribution >= 4 is 5.91 Å². The Morgan fingerprint density at radius 1 is 1.14 bits per heavy atom. The SMILES string of the molecule is CC(CN)(NC(=O)c1ccc(O)c(O)c1)c1ccccc1. The standard InChI is InChI=1S/C16H18N2O3/c1-16(10-17,12-5-3-2-4-6-12)18-15(21)11-7-8-13(19)14(20)9-11/h2-9,19-20H,10,17H2,1H3,(H,18,21). The summed E-state index contributed by atoms with van der Waals surface area (Å²) in [4.78, 5) is 12.3. The quantitative estimate of drug-likeness (QED) is 0.643. The van der Waals surface area contributed by atoms with Crippen molar-refractivity contribution in [3.8, 4) is 11.5 Å². The van der Waals surface area contributed by atoms with Gasteiger partial charge in [-0.05, 0) is 30.7 Å². The summed E-state index contributed by atoms with van der Waals surface area (Å²) < 4.78 is 0. The molecule has 0 radical (unpaired) electrons. The van der Waals surface area contributed by atoms with Gasteiger partial charge in [0.15, 0.2) is 11.5 Å². The van der Waals surface area contributed by atoms with Gasteiger partial charge in [-0.15, -0.1) is 0 Å². The maximum absolute atomic E-state index is 12.3. The number of phenolic OH excluding ortho intramolecular Hbond substituents is 2. The van der Waals surface area contributed by atoms with Gasteiger partial charge in [0.05, 0.1) is 5.54 Å². The van der Waals surface area contributed by atoms with Gasteiger partial charge in [-0.2, -0.15) is 0 Å². The van der Waals surface area contributed by atoms with Crippen LogP contribution in [0.3, 0.4) is 0 Å². The molecule has 21 heavy (non-hydrogen) atoms. The highest BCUT2D eigenvalue weighted by atomic mass is 16.3. The van der Waals surface area contributed by atoms with E-state index >= 15 is 0 Å². The van der Waals surface area contributed by atoms with Crippen LogP contribution in [0.5, 0.6) is 11.5 Å². The van der Waals surface area contributed by atoms with Gasteiger partial charge < -0.3 is 21.3 Å². The minimum absolute atomic E-state index is 0.229. The molecule has 1 unspecified atom stereocenters. The van der Waals surface area contributed by atoms with E-state index in [-0.39, 0.29) is 29.5 Å². The number of carbonyl (C=O) groups is 1. The predicted molar refractivity (Wildman–Crippen MR) is 80.1 cm³/mol. The van der Waals surface area contributed by atoms with E-state index in [0.29, 0.717) is 0 Å². The van der Waals surface area contributed by atoms with Gasteiger partial charge in [0.2, 0.25) is 0 Å². The first-order chi connectivity index (χ1) is 9.96. The molecule has 0 fully saturated rings. The highest BCUT2D eigenvalue weighted by molar-refractivity contribution is 5.95. The third kappa shape index (κ3) is 3.14. The van der Waals surface area contributed by atoms with E-state index in [9.17, 15) is 15.0 Å². The van der Waals surface area contributed by atoms with Crippen molar-refractivity contribution in [3.05, 3.63) is 59.7 Å². The molecule has 0 saturated heterocycles. The van der Waals surface area contributed by atoms with Crippen LogP contribution in [0.4, 0.5) is 0 Å². The monoisotopic (exact) mass is 286 g/mol. The summed E-state index contributed by atoms with van der Waals surface area (Å²) in [6.45, 7) is 2.06. The van der Waals surface area contributed by atoms with E-state index in [1.54, 1.807) is 0 Å². The Hall–Kier alpha value is -2.53. The van der Waals surface area contributed by atoms with Gasteiger partial charge >= 0.3 is 0 Å². The lowest BCUT2D eigenvalue weighted by Gasteiger charge is -2.30. The Morgan fingerprint density at radius 2 is 1.81 bits per heavy atom. The molecule has 0 spiro atoms. The molecule has 1 amide bonds. The van der Waals surface area contributed by atoms with Crippen LogP contribution < -0.4 is 11.1 Å². The molecule has 2 rings (SSSR count). The molecule has 0 heterocycles. The second-order valence-electron chi connectivity index (χ2n) is 5.06. The van der Waals surface area contributed by atoms with Crippen molar-refractivity contribution in [1.82, 2.24) is 5.32 Å². The third-order valence-electron chi connectivity index (χ3n) is 3.45. The minimum Gasteiger partial charge on any atom is -0.504 e. The number of aromatic hydroxyl groups is 2. The van der Waals surface area contributed by atoms with Crippen molar-refractivity contribution in [2.45, 2.75) is 12.5 Å². The number of phenols is 2. The first kappa shape index (κ1) is 14.9. The average molecular weight is 286 g/mol. The van der Waals surface area contributed by atoms with E-state index in [1.807, 2.05) is 37.3 Å². The lowest BCUT2D eigenvalue weighted by Crippen LogP contribution is -2.48. The van der Waals surface area contributed by atoms with Gasteiger partial charge in [0.25, 0.3) is 5.91 Å². The molecule has 1 atom stereocenters. The predicted octanol–water partition coefficient (Wildman–Crippen LogP) is 1.70. The number of nitrogens with two attached hydrogens (primary N) is 1. The van der Waals surface area contributed by atoms with Crippen LogP contribution in [0, 0.1) is 0 Å². The van der Waals surface area contributed by atoms with Crippen LogP contribution >= 0.6 is 0 Å². The van der Waals surface area contributed by atoms with Crippen LogP contribution in [0.15, 0.2) is 48.5 Å². The Morgan fingerprint density at radius 3 is 2.38 bits per heavy atom. The van der Waals surface area contributed by atoms with Crippen molar-refractivity contribution in [2.24, 2.45) is 5.73 Å². The summed E-state index contributed by atoms with van der Waals surface area (Å²) in [5.74, 6) is -0.977. The van der Waals surface area contributed by atoms with Crippen LogP contribution in [0.1, 0.15) is 22.8 Å². The summed E-state index contributed by atoms with van der Waals surface area (Å²) >= 11 is 0. The van der Waals surface area contributed by atoms with Crippen molar-refractivity contribution < 1.29 is 15.0 Å². The molecule has 0 aliphatic carbocycles. The zero-order valence-electron chi connectivity index (χ0n) is 11.7. The van der Waals surface area contributed by atoms with Crippen molar-refractivity contribution in [3.63, 3.8) is 0 Å². The lowest BCUT2D eigenvalue weighted by atomic mass is 9.91. The van der Waals surface area contributed by atoms with Crippen LogP contribution in [-0.2, 0) is 5.54 Å². The summed E-state index contributed by atoms with van der Waals surface area (Å²) in [7, 11) is 0. The number of rotatable bonds is 4. The first-order valence-electron chi connectivity index (χ1n) is 6.56. The topological polar surface area (TPSA) is 95.6 Å². The number of benzene rings is 2. The van der Waals surface area contributed by atoms with Gasteiger partial charge in [0.1, 0.15) is 0 Å². The summed E-state index contributed by atoms with van der Waals surface area (Å²) in [6, 6.07) is 13.3. The van der Waals surface area contributed by atoms with Crippen molar-refractivity contribution in [2.75, 3.05) is 6.54 Å². The molecule has 0 aliphatic rings. The fraction of sp³-hybridized carbons (Fsp3) is 0.188. The van der Waals surface area contributed by atoms with E-state index in [2.05, 4.69) is 5.32 Å². The van der Waals surface area contributed by atoms with E-state index < -0.39 is 5.54 Å². The van der Waals surface area contributed by atoms with Gasteiger partial charge in [-0.1, -0.05) is 30.3 Å². The first-order valence-corrected chi connectivity index (χ1v) is 6.56. The number of hydrogen-bond acceptors (Lipinski definition) is 4. The molecular weight excluding hydrogens is 268 g/mol. The molecule has 0 aliphatic heterocycles. The van der Waals surface area contributed by atoms with Crippen molar-refractivity contribution in [1.29, 1.82) is 0 Å². The summed E-state index contributed by atoms with van der Waals surface area (Å²) in [5.41, 5.74) is 6.24. The smallest absolute Gasteiger partial charge is 0.252 e. The largest absolute Gasteiger partial charge is 0.504 e. The Labute approximate surface area is 123 Å². The highest BCUT2D eigenvalue weighted by Gasteiger charge is 2.27. The molecule has 2 aromatic rings. The Balaban J connectivity index is 2.26. The molecule has 5 N–H and O–H groups in total. The normalized spacial score (nSPS) is 13.4. The van der Waals surface area contributed by atoms with E-state index in [4.69, 9.17) is 5.73 Å². The maximum atomic E-state index is 12.3. The zero-order valence-corrected chi connectivity index (χ0v) is 11.7. The van der Waals surface area contributed by atoms with E-state index in [0.717, 1.165) is 5.56 Å². The summed E-state index contributed by atoms with van der Waals surface area (Å²) in [6.07, 6.45) is 0. The summed E-state index contributed by atoms with van der Waals surface area (Å²) in [5, 5.41) is 21.6. The third-order valence-corrected chi connectivity index (χ3v) is 3.45. The van der Waals surface area contributed by atoms with Gasteiger partial charge in [-0.3, -0.25) is 4.79 Å². The van der Waals surface area contributed by atoms with Gasteiger partial charge in [0, 0.05) is 12.1 Å². The number of nitrogens with one attached hydrogen (secondary N) is 1. The Bertz CT molecular complexity index is 643. The second-order valence-corrected chi connectivity index (χ2v) is 5.06. The minimum atomic E-state index is -0.716. The van der Waals surface area contributed by atoms with E-state index in [1.165, 1.54) is 18.2 Å². The second kappa shape index (κ2) is 5.85. The number of hydrogen-bond donors (Lipinski definition) is 4.